The number of ether oxygens (including phenoxy) is 1. The van der Waals surface area contributed by atoms with E-state index < -0.39 is 0 Å². The third kappa shape index (κ3) is 1.37. The summed E-state index contributed by atoms with van der Waals surface area (Å²) in [5.41, 5.74) is 0.319. The molecule has 0 saturated carbocycles. The highest BCUT2D eigenvalue weighted by molar-refractivity contribution is 6.37. The number of oxime groups is 2. The monoisotopic (exact) mass is 144 g/mol. The molecule has 0 bridgehead atoms. The summed E-state index contributed by atoms with van der Waals surface area (Å²) in [7, 11) is 0. The molecule has 0 aromatic heterocycles. The van der Waals surface area contributed by atoms with Gasteiger partial charge in [0.15, 0.2) is 6.61 Å². The van der Waals surface area contributed by atoms with Crippen molar-refractivity contribution >= 4 is 11.6 Å². The SMILES string of the molecule is C/C(=N\O)C1=NOCCO1. The van der Waals surface area contributed by atoms with Crippen LogP contribution >= 0.6 is 0 Å². The van der Waals surface area contributed by atoms with Gasteiger partial charge in [-0.1, -0.05) is 5.16 Å². The fraction of sp³-hybridized carbons (Fsp3) is 0.600. The number of hydrogen-bond donors (Lipinski definition) is 1. The Hall–Kier alpha value is -1.26. The van der Waals surface area contributed by atoms with E-state index in [4.69, 9.17) is 9.94 Å². The molecular weight excluding hydrogens is 136 g/mol. The van der Waals surface area contributed by atoms with Gasteiger partial charge in [-0.2, -0.15) is 0 Å². The van der Waals surface area contributed by atoms with E-state index in [1.165, 1.54) is 0 Å². The lowest BCUT2D eigenvalue weighted by Gasteiger charge is -2.11. The van der Waals surface area contributed by atoms with Crippen LogP contribution in [-0.4, -0.2) is 30.0 Å². The molecule has 0 unspecified atom stereocenters. The van der Waals surface area contributed by atoms with Gasteiger partial charge in [-0.05, 0) is 12.1 Å². The third-order valence-electron chi connectivity index (χ3n) is 1.02. The first kappa shape index (κ1) is 6.85. The summed E-state index contributed by atoms with van der Waals surface area (Å²) < 4.78 is 4.96. The standard InChI is InChI=1S/C5H8N2O3/c1-4(6-8)5-7-10-3-2-9-5/h8H,2-3H2,1H3/b6-4+. The lowest BCUT2D eigenvalue weighted by Crippen LogP contribution is -2.22. The number of nitrogens with zero attached hydrogens (tertiary/aromatic N) is 2. The smallest absolute Gasteiger partial charge is 0.275 e. The normalized spacial score (nSPS) is 18.9. The highest BCUT2D eigenvalue weighted by atomic mass is 16.7. The largest absolute Gasteiger partial charge is 0.470 e. The maximum atomic E-state index is 8.26. The predicted octanol–water partition coefficient (Wildman–Crippen LogP) is 0.197. The Morgan fingerprint density at radius 3 is 3.00 bits per heavy atom. The lowest BCUT2D eigenvalue weighted by molar-refractivity contribution is 0.0673. The first-order valence-electron chi connectivity index (χ1n) is 2.86. The number of hydrogen-bond acceptors (Lipinski definition) is 5. The van der Waals surface area contributed by atoms with Crippen molar-refractivity contribution in [3.63, 3.8) is 0 Å². The molecule has 10 heavy (non-hydrogen) atoms. The Labute approximate surface area is 57.9 Å². The van der Waals surface area contributed by atoms with Crippen LogP contribution in [0.25, 0.3) is 0 Å². The molecule has 0 aromatic rings. The van der Waals surface area contributed by atoms with Gasteiger partial charge < -0.3 is 14.8 Å². The van der Waals surface area contributed by atoms with Crippen LogP contribution in [-0.2, 0) is 9.57 Å². The second kappa shape index (κ2) is 3.05. The van der Waals surface area contributed by atoms with E-state index in [9.17, 15) is 0 Å². The van der Waals surface area contributed by atoms with Crippen LogP contribution in [0.1, 0.15) is 6.92 Å². The van der Waals surface area contributed by atoms with Crippen molar-refractivity contribution < 1.29 is 14.8 Å². The van der Waals surface area contributed by atoms with Gasteiger partial charge in [-0.25, -0.2) is 0 Å². The molecule has 0 aliphatic carbocycles. The van der Waals surface area contributed by atoms with Crippen molar-refractivity contribution in [1.29, 1.82) is 0 Å². The summed E-state index contributed by atoms with van der Waals surface area (Å²) in [4.78, 5) is 4.68. The summed E-state index contributed by atoms with van der Waals surface area (Å²) in [5, 5.41) is 14.7. The highest BCUT2D eigenvalue weighted by Gasteiger charge is 2.10. The Kier molecular flexibility index (Phi) is 2.09. The number of rotatable bonds is 1. The van der Waals surface area contributed by atoms with Crippen LogP contribution in [0.5, 0.6) is 0 Å². The summed E-state index contributed by atoms with van der Waals surface area (Å²) >= 11 is 0. The molecule has 0 spiro atoms. The summed E-state index contributed by atoms with van der Waals surface area (Å²) in [6.45, 7) is 2.47. The van der Waals surface area contributed by atoms with Crippen molar-refractivity contribution in [1.82, 2.24) is 0 Å². The topological polar surface area (TPSA) is 63.4 Å². The molecule has 0 radical (unpaired) electrons. The molecule has 1 N–H and O–H groups in total. The summed E-state index contributed by atoms with van der Waals surface area (Å²) in [6.07, 6.45) is 0. The average Bonchev–Trinajstić information content (AvgIpc) is 2.05. The Bertz CT molecular complexity index is 176. The van der Waals surface area contributed by atoms with Crippen LogP contribution in [0.15, 0.2) is 10.3 Å². The fourth-order valence-electron chi connectivity index (χ4n) is 0.520. The van der Waals surface area contributed by atoms with Crippen molar-refractivity contribution in [3.8, 4) is 0 Å². The summed E-state index contributed by atoms with van der Waals surface area (Å²) in [6, 6.07) is 0. The first-order chi connectivity index (χ1) is 4.84. The molecule has 0 fully saturated rings. The van der Waals surface area contributed by atoms with E-state index in [1.54, 1.807) is 6.92 Å². The zero-order valence-electron chi connectivity index (χ0n) is 5.57. The molecule has 0 saturated heterocycles. The molecule has 0 amide bonds. The molecule has 0 aromatic carbocycles. The molecule has 1 aliphatic rings. The third-order valence-corrected chi connectivity index (χ3v) is 1.02. The van der Waals surface area contributed by atoms with E-state index >= 15 is 0 Å². The quantitative estimate of drug-likeness (QED) is 0.325. The van der Waals surface area contributed by atoms with Crippen molar-refractivity contribution in [2.24, 2.45) is 10.3 Å². The molecular formula is C5H8N2O3. The van der Waals surface area contributed by atoms with Crippen LogP contribution in [0.4, 0.5) is 0 Å². The van der Waals surface area contributed by atoms with Crippen LogP contribution in [0, 0.1) is 0 Å². The molecule has 1 rings (SSSR count). The molecule has 56 valence electrons. The van der Waals surface area contributed by atoms with Gasteiger partial charge in [0.1, 0.15) is 12.3 Å². The van der Waals surface area contributed by atoms with Gasteiger partial charge in [-0.3, -0.25) is 0 Å². The van der Waals surface area contributed by atoms with Gasteiger partial charge in [0, 0.05) is 0 Å². The minimum Gasteiger partial charge on any atom is -0.470 e. The first-order valence-corrected chi connectivity index (χ1v) is 2.86. The van der Waals surface area contributed by atoms with E-state index in [-0.39, 0.29) is 5.90 Å². The Morgan fingerprint density at radius 1 is 1.70 bits per heavy atom. The Balaban J connectivity index is 2.62. The molecule has 1 heterocycles. The molecule has 0 atom stereocenters. The maximum Gasteiger partial charge on any atom is 0.275 e. The second-order valence-corrected chi connectivity index (χ2v) is 1.76. The van der Waals surface area contributed by atoms with Gasteiger partial charge in [0.05, 0.1) is 0 Å². The van der Waals surface area contributed by atoms with E-state index in [2.05, 4.69) is 15.1 Å². The second-order valence-electron chi connectivity index (χ2n) is 1.76. The molecule has 5 heteroatoms. The van der Waals surface area contributed by atoms with Gasteiger partial charge in [0.25, 0.3) is 5.90 Å². The fourth-order valence-corrected chi connectivity index (χ4v) is 0.520. The van der Waals surface area contributed by atoms with Gasteiger partial charge >= 0.3 is 0 Å². The van der Waals surface area contributed by atoms with Crippen LogP contribution in [0.3, 0.4) is 0 Å². The minimum atomic E-state index is 0.244. The average molecular weight is 144 g/mol. The van der Waals surface area contributed by atoms with E-state index in [0.717, 1.165) is 0 Å². The van der Waals surface area contributed by atoms with Gasteiger partial charge in [-0.15, -0.1) is 0 Å². The molecule has 5 nitrogen and oxygen atoms in total. The van der Waals surface area contributed by atoms with Crippen LogP contribution < -0.4 is 0 Å². The van der Waals surface area contributed by atoms with Crippen molar-refractivity contribution in [3.05, 3.63) is 0 Å². The van der Waals surface area contributed by atoms with Crippen molar-refractivity contribution in [2.75, 3.05) is 13.2 Å². The zero-order valence-corrected chi connectivity index (χ0v) is 5.57. The highest BCUT2D eigenvalue weighted by Crippen LogP contribution is 1.95. The molecule has 1 aliphatic heterocycles. The van der Waals surface area contributed by atoms with E-state index in [0.29, 0.717) is 18.9 Å². The van der Waals surface area contributed by atoms with Crippen molar-refractivity contribution in [2.45, 2.75) is 6.92 Å². The minimum absolute atomic E-state index is 0.244. The maximum absolute atomic E-state index is 8.26. The van der Waals surface area contributed by atoms with Gasteiger partial charge in [0.2, 0.25) is 0 Å². The Morgan fingerprint density at radius 2 is 2.50 bits per heavy atom. The van der Waals surface area contributed by atoms with Crippen LogP contribution in [0.2, 0.25) is 0 Å². The summed E-state index contributed by atoms with van der Waals surface area (Å²) in [5.74, 6) is 0.244. The lowest BCUT2D eigenvalue weighted by atomic mass is 10.4. The van der Waals surface area contributed by atoms with E-state index in [1.807, 2.05) is 0 Å². The zero-order chi connectivity index (χ0) is 7.40. The predicted molar refractivity (Wildman–Crippen MR) is 34.2 cm³/mol.